The summed E-state index contributed by atoms with van der Waals surface area (Å²) in [6, 6.07) is 3.66. The van der Waals surface area contributed by atoms with Gasteiger partial charge in [0.1, 0.15) is 0 Å². The molecule has 0 atom stereocenters. The summed E-state index contributed by atoms with van der Waals surface area (Å²) in [6.45, 7) is 1.67. The van der Waals surface area contributed by atoms with E-state index >= 15 is 0 Å². The summed E-state index contributed by atoms with van der Waals surface area (Å²) >= 11 is 1.39. The first kappa shape index (κ1) is 15.5. The van der Waals surface area contributed by atoms with Gasteiger partial charge in [0, 0.05) is 19.5 Å². The van der Waals surface area contributed by atoms with Gasteiger partial charge in [0.15, 0.2) is 0 Å². The van der Waals surface area contributed by atoms with Crippen LogP contribution in [-0.4, -0.2) is 36.3 Å². The molecule has 2 heterocycles. The van der Waals surface area contributed by atoms with Crippen LogP contribution in [0.25, 0.3) is 0 Å². The molecular formula is C15H19N3O2S. The number of hydrogen-bond acceptors (Lipinski definition) is 4. The van der Waals surface area contributed by atoms with Crippen LogP contribution in [0.5, 0.6) is 0 Å². The van der Waals surface area contributed by atoms with Crippen molar-refractivity contribution in [2.75, 3.05) is 19.6 Å². The van der Waals surface area contributed by atoms with Gasteiger partial charge in [-0.25, -0.2) is 0 Å². The molecule has 0 bridgehead atoms. The molecule has 2 rings (SSSR count). The van der Waals surface area contributed by atoms with Crippen LogP contribution in [0.15, 0.2) is 12.1 Å². The number of carbonyl (C=O) groups is 2. The van der Waals surface area contributed by atoms with Crippen molar-refractivity contribution >= 4 is 23.2 Å². The molecule has 5 nitrogen and oxygen atoms in total. The zero-order chi connectivity index (χ0) is 15.2. The molecule has 6 heteroatoms. The maximum Gasteiger partial charge on any atom is 0.263 e. The van der Waals surface area contributed by atoms with Gasteiger partial charge in [0.2, 0.25) is 5.91 Å². The molecule has 1 fully saturated rings. The highest BCUT2D eigenvalue weighted by atomic mass is 32.1. The van der Waals surface area contributed by atoms with Crippen molar-refractivity contribution in [3.63, 3.8) is 0 Å². The minimum absolute atomic E-state index is 0.0401. The first-order valence-electron chi connectivity index (χ1n) is 6.96. The molecule has 0 aromatic carbocycles. The summed E-state index contributed by atoms with van der Waals surface area (Å²) in [6.07, 6.45) is 2.08. The third-order valence-electron chi connectivity index (χ3n) is 3.52. The molecule has 1 aromatic heterocycles. The second-order valence-electron chi connectivity index (χ2n) is 5.08. The molecule has 112 valence electrons. The van der Waals surface area contributed by atoms with E-state index in [-0.39, 0.29) is 11.8 Å². The number of nitrogens with two attached hydrogens (primary N) is 2. The van der Waals surface area contributed by atoms with Crippen molar-refractivity contribution in [3.8, 4) is 11.8 Å². The van der Waals surface area contributed by atoms with Crippen molar-refractivity contribution < 1.29 is 9.59 Å². The van der Waals surface area contributed by atoms with Gasteiger partial charge < -0.3 is 16.4 Å². The van der Waals surface area contributed by atoms with E-state index in [0.29, 0.717) is 36.9 Å². The van der Waals surface area contributed by atoms with Gasteiger partial charge >= 0.3 is 0 Å². The molecular weight excluding hydrogens is 286 g/mol. The highest BCUT2D eigenvalue weighted by Crippen LogP contribution is 2.24. The number of rotatable bonds is 3. The first-order valence-corrected chi connectivity index (χ1v) is 7.78. The van der Waals surface area contributed by atoms with Crippen LogP contribution in [0.3, 0.4) is 0 Å². The quantitative estimate of drug-likeness (QED) is 0.809. The summed E-state index contributed by atoms with van der Waals surface area (Å²) in [5.41, 5.74) is 10.5. The molecule has 1 aliphatic heterocycles. The van der Waals surface area contributed by atoms with Crippen LogP contribution >= 0.6 is 11.3 Å². The fraction of sp³-hybridized carbons (Fsp3) is 0.467. The Morgan fingerprint density at radius 3 is 2.67 bits per heavy atom. The predicted octanol–water partition coefficient (Wildman–Crippen LogP) is 0.786. The maximum absolute atomic E-state index is 12.4. The number of carbonyl (C=O) groups excluding carboxylic acids is 2. The zero-order valence-electron chi connectivity index (χ0n) is 11.8. The topological polar surface area (TPSA) is 89.4 Å². The molecule has 0 saturated carbocycles. The van der Waals surface area contributed by atoms with Crippen molar-refractivity contribution in [2.24, 2.45) is 17.4 Å². The second-order valence-corrected chi connectivity index (χ2v) is 6.16. The Balaban J connectivity index is 1.92. The van der Waals surface area contributed by atoms with E-state index in [1.54, 1.807) is 0 Å². The van der Waals surface area contributed by atoms with Crippen molar-refractivity contribution in [3.05, 3.63) is 21.9 Å². The molecule has 0 aliphatic carbocycles. The lowest BCUT2D eigenvalue weighted by Gasteiger charge is -2.31. The lowest BCUT2D eigenvalue weighted by molar-refractivity contribution is -0.119. The van der Waals surface area contributed by atoms with Crippen LogP contribution in [0.2, 0.25) is 0 Å². The Kier molecular flexibility index (Phi) is 5.37. The van der Waals surface area contributed by atoms with Crippen LogP contribution < -0.4 is 11.5 Å². The van der Waals surface area contributed by atoms with Crippen molar-refractivity contribution in [1.29, 1.82) is 0 Å². The van der Waals surface area contributed by atoms with Crippen LogP contribution in [0, 0.1) is 17.8 Å². The average molecular weight is 305 g/mol. The fourth-order valence-electron chi connectivity index (χ4n) is 2.44. The number of likely N-dealkylation sites (tertiary alicyclic amines) is 1. The molecule has 21 heavy (non-hydrogen) atoms. The monoisotopic (exact) mass is 305 g/mol. The number of primary amides is 1. The van der Waals surface area contributed by atoms with E-state index in [2.05, 4.69) is 11.8 Å². The van der Waals surface area contributed by atoms with E-state index in [9.17, 15) is 9.59 Å². The van der Waals surface area contributed by atoms with Crippen molar-refractivity contribution in [1.82, 2.24) is 4.90 Å². The Hall–Kier alpha value is -1.84. The largest absolute Gasteiger partial charge is 0.370 e. The summed E-state index contributed by atoms with van der Waals surface area (Å²) in [5, 5.41) is 0. The molecule has 0 radical (unpaired) electrons. The normalized spacial score (nSPS) is 15.4. The Labute approximate surface area is 128 Å². The zero-order valence-corrected chi connectivity index (χ0v) is 12.6. The summed E-state index contributed by atoms with van der Waals surface area (Å²) in [7, 11) is 0. The molecule has 2 amide bonds. The van der Waals surface area contributed by atoms with Gasteiger partial charge in [-0.15, -0.1) is 11.3 Å². The number of thiophene rings is 1. The fourth-order valence-corrected chi connectivity index (χ4v) is 3.29. The van der Waals surface area contributed by atoms with E-state index in [4.69, 9.17) is 11.5 Å². The molecule has 0 unspecified atom stereocenters. The van der Waals surface area contributed by atoms with E-state index in [1.807, 2.05) is 17.0 Å². The third kappa shape index (κ3) is 4.31. The van der Waals surface area contributed by atoms with E-state index in [1.165, 1.54) is 11.3 Å². The van der Waals surface area contributed by atoms with Gasteiger partial charge in [-0.1, -0.05) is 11.8 Å². The maximum atomic E-state index is 12.4. The SMILES string of the molecule is NCC#Cc1ccc(C(=O)N2CCC(CC(N)=O)CC2)s1. The van der Waals surface area contributed by atoms with E-state index in [0.717, 1.165) is 17.7 Å². The molecule has 1 aromatic rings. The summed E-state index contributed by atoms with van der Waals surface area (Å²) in [5.74, 6) is 5.80. The molecule has 1 saturated heterocycles. The van der Waals surface area contributed by atoms with Crippen LogP contribution in [0.1, 0.15) is 33.8 Å². The third-order valence-corrected chi connectivity index (χ3v) is 4.51. The number of amides is 2. The van der Waals surface area contributed by atoms with E-state index < -0.39 is 0 Å². The second kappa shape index (κ2) is 7.25. The van der Waals surface area contributed by atoms with Crippen molar-refractivity contribution in [2.45, 2.75) is 19.3 Å². The minimum Gasteiger partial charge on any atom is -0.370 e. The van der Waals surface area contributed by atoms with Gasteiger partial charge in [-0.2, -0.15) is 0 Å². The number of nitrogens with zero attached hydrogens (tertiary/aromatic N) is 1. The Morgan fingerprint density at radius 1 is 1.33 bits per heavy atom. The first-order chi connectivity index (χ1) is 10.1. The highest BCUT2D eigenvalue weighted by molar-refractivity contribution is 7.14. The van der Waals surface area contributed by atoms with Gasteiger partial charge in [0.25, 0.3) is 5.91 Å². The van der Waals surface area contributed by atoms with Gasteiger partial charge in [-0.05, 0) is 30.9 Å². The summed E-state index contributed by atoms with van der Waals surface area (Å²) < 4.78 is 0. The molecule has 4 N–H and O–H groups in total. The lowest BCUT2D eigenvalue weighted by atomic mass is 9.93. The lowest BCUT2D eigenvalue weighted by Crippen LogP contribution is -2.39. The average Bonchev–Trinajstić information content (AvgIpc) is 2.93. The Bertz CT molecular complexity index is 577. The van der Waals surface area contributed by atoms with Gasteiger partial charge in [-0.3, -0.25) is 9.59 Å². The predicted molar refractivity (Wildman–Crippen MR) is 82.7 cm³/mol. The van der Waals surface area contributed by atoms with Crippen LogP contribution in [-0.2, 0) is 4.79 Å². The standard InChI is InChI=1S/C15H19N3O2S/c16-7-1-2-12-3-4-13(21-12)15(20)18-8-5-11(6-9-18)10-14(17)19/h3-4,11H,5-10,16H2,(H2,17,19). The summed E-state index contributed by atoms with van der Waals surface area (Å²) in [4.78, 5) is 26.7. The number of piperidine rings is 1. The van der Waals surface area contributed by atoms with Crippen LogP contribution in [0.4, 0.5) is 0 Å². The van der Waals surface area contributed by atoms with Gasteiger partial charge in [0.05, 0.1) is 16.3 Å². The minimum atomic E-state index is -0.263. The highest BCUT2D eigenvalue weighted by Gasteiger charge is 2.25. The Morgan fingerprint density at radius 2 is 2.05 bits per heavy atom. The molecule has 1 aliphatic rings. The number of hydrogen-bond donors (Lipinski definition) is 2. The molecule has 0 spiro atoms. The smallest absolute Gasteiger partial charge is 0.263 e.